The van der Waals surface area contributed by atoms with Gasteiger partial charge in [0.2, 0.25) is 0 Å². The van der Waals surface area contributed by atoms with Crippen molar-refractivity contribution in [3.63, 3.8) is 0 Å². The predicted octanol–water partition coefficient (Wildman–Crippen LogP) is 3.29. The molecule has 21 heavy (non-hydrogen) atoms. The van der Waals surface area contributed by atoms with Crippen LogP contribution in [0.3, 0.4) is 0 Å². The second-order valence-corrected chi connectivity index (χ2v) is 6.89. The first-order valence-corrected chi connectivity index (χ1v) is 8.11. The van der Waals surface area contributed by atoms with Crippen LogP contribution in [0.5, 0.6) is 0 Å². The molecular weight excluding hydrogens is 260 g/mol. The fourth-order valence-electron chi connectivity index (χ4n) is 3.30. The molecule has 1 fully saturated rings. The Labute approximate surface area is 127 Å². The molecule has 0 aliphatic carbocycles. The SMILES string of the molecule is CC(C)Cn1c(C2CCN(C(C)C)C2)nc2cccnc21. The summed E-state index contributed by atoms with van der Waals surface area (Å²) in [5.74, 6) is 2.38. The number of fused-ring (bicyclic) bond motifs is 1. The van der Waals surface area contributed by atoms with Gasteiger partial charge < -0.3 is 9.47 Å². The van der Waals surface area contributed by atoms with Crippen molar-refractivity contribution in [2.75, 3.05) is 13.1 Å². The van der Waals surface area contributed by atoms with Crippen molar-refractivity contribution in [3.8, 4) is 0 Å². The molecule has 1 aliphatic rings. The summed E-state index contributed by atoms with van der Waals surface area (Å²) in [6, 6.07) is 4.68. The number of hydrogen-bond acceptors (Lipinski definition) is 3. The summed E-state index contributed by atoms with van der Waals surface area (Å²) in [5, 5.41) is 0. The van der Waals surface area contributed by atoms with Gasteiger partial charge in [-0.25, -0.2) is 9.97 Å². The van der Waals surface area contributed by atoms with Crippen LogP contribution < -0.4 is 0 Å². The Bertz CT molecular complexity index is 614. The molecule has 4 nitrogen and oxygen atoms in total. The summed E-state index contributed by atoms with van der Waals surface area (Å²) >= 11 is 0. The lowest BCUT2D eigenvalue weighted by molar-refractivity contribution is 0.271. The van der Waals surface area contributed by atoms with E-state index in [0.29, 0.717) is 17.9 Å². The van der Waals surface area contributed by atoms with E-state index in [9.17, 15) is 0 Å². The fourth-order valence-corrected chi connectivity index (χ4v) is 3.30. The lowest BCUT2D eigenvalue weighted by Gasteiger charge is -2.20. The number of imidazole rings is 1. The maximum absolute atomic E-state index is 4.92. The molecule has 0 spiro atoms. The van der Waals surface area contributed by atoms with Crippen molar-refractivity contribution >= 4 is 11.2 Å². The van der Waals surface area contributed by atoms with Gasteiger partial charge in [-0.05, 0) is 44.9 Å². The van der Waals surface area contributed by atoms with Crippen LogP contribution in [0.4, 0.5) is 0 Å². The molecule has 1 saturated heterocycles. The van der Waals surface area contributed by atoms with Crippen LogP contribution in [0.2, 0.25) is 0 Å². The largest absolute Gasteiger partial charge is 0.312 e. The Morgan fingerprint density at radius 3 is 2.76 bits per heavy atom. The highest BCUT2D eigenvalue weighted by Gasteiger charge is 2.29. The molecule has 1 aliphatic heterocycles. The van der Waals surface area contributed by atoms with E-state index in [1.54, 1.807) is 0 Å². The second-order valence-electron chi connectivity index (χ2n) is 6.89. The maximum atomic E-state index is 4.92. The summed E-state index contributed by atoms with van der Waals surface area (Å²) in [7, 11) is 0. The van der Waals surface area contributed by atoms with E-state index in [4.69, 9.17) is 4.98 Å². The van der Waals surface area contributed by atoms with Gasteiger partial charge in [0.05, 0.1) is 0 Å². The molecule has 2 aromatic rings. The van der Waals surface area contributed by atoms with E-state index in [1.165, 1.54) is 18.8 Å². The Balaban J connectivity index is 1.97. The topological polar surface area (TPSA) is 34.0 Å². The molecule has 114 valence electrons. The molecule has 1 atom stereocenters. The smallest absolute Gasteiger partial charge is 0.160 e. The van der Waals surface area contributed by atoms with Crippen molar-refractivity contribution in [1.29, 1.82) is 0 Å². The molecule has 0 amide bonds. The van der Waals surface area contributed by atoms with E-state index >= 15 is 0 Å². The van der Waals surface area contributed by atoms with Crippen LogP contribution in [0.15, 0.2) is 18.3 Å². The lowest BCUT2D eigenvalue weighted by atomic mass is 10.1. The van der Waals surface area contributed by atoms with Gasteiger partial charge in [0.15, 0.2) is 5.65 Å². The number of pyridine rings is 1. The van der Waals surface area contributed by atoms with Crippen LogP contribution in [0.25, 0.3) is 11.2 Å². The molecule has 0 saturated carbocycles. The molecule has 3 heterocycles. The van der Waals surface area contributed by atoms with Crippen molar-refractivity contribution in [2.24, 2.45) is 5.92 Å². The van der Waals surface area contributed by atoms with Crippen LogP contribution in [0, 0.1) is 5.92 Å². The van der Waals surface area contributed by atoms with Gasteiger partial charge in [-0.3, -0.25) is 0 Å². The zero-order valence-electron chi connectivity index (χ0n) is 13.6. The molecule has 0 bridgehead atoms. The van der Waals surface area contributed by atoms with Crippen LogP contribution in [-0.2, 0) is 6.54 Å². The molecule has 1 unspecified atom stereocenters. The van der Waals surface area contributed by atoms with Crippen molar-refractivity contribution in [2.45, 2.75) is 52.6 Å². The number of likely N-dealkylation sites (tertiary alicyclic amines) is 1. The first kappa shape index (κ1) is 14.5. The summed E-state index contributed by atoms with van der Waals surface area (Å²) in [4.78, 5) is 12.0. The highest BCUT2D eigenvalue weighted by atomic mass is 15.2. The van der Waals surface area contributed by atoms with E-state index in [-0.39, 0.29) is 0 Å². The number of nitrogens with zero attached hydrogens (tertiary/aromatic N) is 4. The minimum absolute atomic E-state index is 0.542. The average molecular weight is 286 g/mol. The molecule has 4 heteroatoms. The van der Waals surface area contributed by atoms with Gasteiger partial charge in [0, 0.05) is 31.2 Å². The van der Waals surface area contributed by atoms with Gasteiger partial charge >= 0.3 is 0 Å². The quantitative estimate of drug-likeness (QED) is 0.865. The first-order chi connectivity index (χ1) is 10.1. The third-order valence-electron chi connectivity index (χ3n) is 4.40. The van der Waals surface area contributed by atoms with Gasteiger partial charge in [-0.2, -0.15) is 0 Å². The number of aromatic nitrogens is 3. The third-order valence-corrected chi connectivity index (χ3v) is 4.40. The van der Waals surface area contributed by atoms with Gasteiger partial charge in [0.25, 0.3) is 0 Å². The zero-order valence-corrected chi connectivity index (χ0v) is 13.6. The summed E-state index contributed by atoms with van der Waals surface area (Å²) in [6.07, 6.45) is 3.08. The summed E-state index contributed by atoms with van der Waals surface area (Å²) in [5.41, 5.74) is 2.08. The van der Waals surface area contributed by atoms with E-state index in [2.05, 4.69) is 48.2 Å². The maximum Gasteiger partial charge on any atom is 0.160 e. The number of hydrogen-bond donors (Lipinski definition) is 0. The van der Waals surface area contributed by atoms with Crippen LogP contribution in [0.1, 0.15) is 45.9 Å². The summed E-state index contributed by atoms with van der Waals surface area (Å²) < 4.78 is 2.36. The van der Waals surface area contributed by atoms with E-state index < -0.39 is 0 Å². The van der Waals surface area contributed by atoms with Crippen LogP contribution in [-0.4, -0.2) is 38.6 Å². The summed E-state index contributed by atoms with van der Waals surface area (Å²) in [6.45, 7) is 12.4. The number of rotatable bonds is 4. The molecule has 2 aromatic heterocycles. The normalized spacial score (nSPS) is 20.2. The van der Waals surface area contributed by atoms with Crippen molar-refractivity contribution in [1.82, 2.24) is 19.4 Å². The Morgan fingerprint density at radius 2 is 2.10 bits per heavy atom. The van der Waals surface area contributed by atoms with Crippen molar-refractivity contribution in [3.05, 3.63) is 24.2 Å². The monoisotopic (exact) mass is 286 g/mol. The van der Waals surface area contributed by atoms with Gasteiger partial charge in [-0.1, -0.05) is 13.8 Å². The lowest BCUT2D eigenvalue weighted by Crippen LogP contribution is -2.28. The molecule has 0 aromatic carbocycles. The van der Waals surface area contributed by atoms with E-state index in [1.807, 2.05) is 12.3 Å². The Morgan fingerprint density at radius 1 is 1.29 bits per heavy atom. The standard InChI is InChI=1S/C17H26N4/c1-12(2)10-21-16(14-7-9-20(11-14)13(3)4)19-15-6-5-8-18-17(15)21/h5-6,8,12-14H,7,9-11H2,1-4H3. The predicted molar refractivity (Wildman–Crippen MR) is 86.4 cm³/mol. The average Bonchev–Trinajstić information content (AvgIpc) is 3.03. The third kappa shape index (κ3) is 2.82. The first-order valence-electron chi connectivity index (χ1n) is 8.11. The molecular formula is C17H26N4. The Kier molecular flexibility index (Phi) is 3.98. The Hall–Kier alpha value is -1.42. The zero-order chi connectivity index (χ0) is 15.0. The van der Waals surface area contributed by atoms with Gasteiger partial charge in [0.1, 0.15) is 11.3 Å². The van der Waals surface area contributed by atoms with Gasteiger partial charge in [-0.15, -0.1) is 0 Å². The van der Waals surface area contributed by atoms with E-state index in [0.717, 1.165) is 24.3 Å². The fraction of sp³-hybridized carbons (Fsp3) is 0.647. The molecule has 0 radical (unpaired) electrons. The molecule has 3 rings (SSSR count). The highest BCUT2D eigenvalue weighted by Crippen LogP contribution is 2.30. The van der Waals surface area contributed by atoms with Crippen molar-refractivity contribution < 1.29 is 0 Å². The minimum atomic E-state index is 0.542. The highest BCUT2D eigenvalue weighted by molar-refractivity contribution is 5.71. The minimum Gasteiger partial charge on any atom is -0.312 e. The second kappa shape index (κ2) is 5.76. The van der Waals surface area contributed by atoms with Crippen LogP contribution >= 0.6 is 0 Å². The molecule has 0 N–H and O–H groups in total.